The molecule has 3 aromatic rings. The summed E-state index contributed by atoms with van der Waals surface area (Å²) in [4.78, 5) is 13.0. The predicted octanol–water partition coefficient (Wildman–Crippen LogP) is 5.70. The largest absolute Gasteiger partial charge is 0.418 e. The second-order valence-corrected chi connectivity index (χ2v) is 7.07. The van der Waals surface area contributed by atoms with Crippen LogP contribution in [0.1, 0.15) is 17.2 Å². The number of nitrogens with zero attached hydrogens (tertiary/aromatic N) is 2. The van der Waals surface area contributed by atoms with Gasteiger partial charge in [-0.1, -0.05) is 30.3 Å². The highest BCUT2D eigenvalue weighted by molar-refractivity contribution is 5.86. The van der Waals surface area contributed by atoms with Crippen LogP contribution in [0.3, 0.4) is 0 Å². The third-order valence-corrected chi connectivity index (χ3v) is 4.82. The van der Waals surface area contributed by atoms with Crippen molar-refractivity contribution in [2.75, 3.05) is 17.7 Å². The molecule has 3 aromatic carbocycles. The van der Waals surface area contributed by atoms with E-state index in [0.29, 0.717) is 23.4 Å². The first-order chi connectivity index (χ1) is 14.6. The van der Waals surface area contributed by atoms with Crippen molar-refractivity contribution in [3.8, 4) is 11.1 Å². The predicted molar refractivity (Wildman–Crippen MR) is 111 cm³/mol. The van der Waals surface area contributed by atoms with Gasteiger partial charge >= 0.3 is 6.18 Å². The molecule has 1 unspecified atom stereocenters. The van der Waals surface area contributed by atoms with Crippen LogP contribution in [0.5, 0.6) is 0 Å². The molecule has 1 atom stereocenters. The molecule has 0 amide bonds. The van der Waals surface area contributed by atoms with Crippen LogP contribution in [0.2, 0.25) is 0 Å². The number of anilines is 2. The molecule has 162 valence electrons. The molecule has 0 fully saturated rings. The average Bonchev–Trinajstić information content (AvgIpc) is 2.74. The minimum absolute atomic E-state index is 0.0692. The lowest BCUT2D eigenvalue weighted by molar-refractivity contribution is -0.206. The molecule has 0 aliphatic carbocycles. The fourth-order valence-corrected chi connectivity index (χ4v) is 3.21. The molecule has 3 rings (SSSR count). The summed E-state index contributed by atoms with van der Waals surface area (Å²) in [6, 6.07) is 14.1. The molecular formula is C22H19F4N3O2. The van der Waals surface area contributed by atoms with Gasteiger partial charge in [-0.25, -0.2) is 4.39 Å². The molecule has 0 aliphatic rings. The van der Waals surface area contributed by atoms with E-state index in [1.54, 1.807) is 36.2 Å². The molecule has 3 N–H and O–H groups in total. The van der Waals surface area contributed by atoms with E-state index in [9.17, 15) is 27.6 Å². The Morgan fingerprint density at radius 3 is 2.35 bits per heavy atom. The Morgan fingerprint density at radius 1 is 1.06 bits per heavy atom. The number of halogens is 4. The number of benzene rings is 3. The first kappa shape index (κ1) is 22.2. The number of hydrogen-bond acceptors (Lipinski definition) is 5. The van der Waals surface area contributed by atoms with E-state index in [-0.39, 0.29) is 22.8 Å². The maximum Gasteiger partial charge on any atom is 0.418 e. The van der Waals surface area contributed by atoms with Gasteiger partial charge in [-0.15, -0.1) is 4.91 Å². The highest BCUT2D eigenvalue weighted by Gasteiger charge is 2.39. The second kappa shape index (κ2) is 8.73. The van der Waals surface area contributed by atoms with Crippen LogP contribution < -0.4 is 10.6 Å². The SMILES string of the molecule is CN(Cc1ccc(F)cc1)c1cc(-c2cccc(C(O)C(F)(F)F)c2)cc(N=O)c1N. The van der Waals surface area contributed by atoms with E-state index in [1.807, 2.05) is 0 Å². The maximum atomic E-state index is 13.1. The summed E-state index contributed by atoms with van der Waals surface area (Å²) in [6.07, 6.45) is -7.44. The average molecular weight is 433 g/mol. The molecule has 9 heteroatoms. The normalized spacial score (nSPS) is 12.5. The van der Waals surface area contributed by atoms with Crippen LogP contribution in [0.4, 0.5) is 34.6 Å². The highest BCUT2D eigenvalue weighted by Crippen LogP contribution is 2.39. The molecule has 0 bridgehead atoms. The molecule has 0 aromatic heterocycles. The van der Waals surface area contributed by atoms with Crippen LogP contribution in [-0.4, -0.2) is 18.3 Å². The zero-order valence-electron chi connectivity index (χ0n) is 16.4. The number of rotatable bonds is 6. The second-order valence-electron chi connectivity index (χ2n) is 7.07. The summed E-state index contributed by atoms with van der Waals surface area (Å²) < 4.78 is 51.8. The molecule has 0 saturated heterocycles. The highest BCUT2D eigenvalue weighted by atomic mass is 19.4. The van der Waals surface area contributed by atoms with Gasteiger partial charge in [0, 0.05) is 13.6 Å². The quantitative estimate of drug-likeness (QED) is 0.297. The Labute approximate surface area is 175 Å². The molecule has 5 nitrogen and oxygen atoms in total. The lowest BCUT2D eigenvalue weighted by Gasteiger charge is -2.23. The van der Waals surface area contributed by atoms with Gasteiger partial charge in [0.05, 0.1) is 11.4 Å². The summed E-state index contributed by atoms with van der Waals surface area (Å²) in [6.45, 7) is 0.332. The number of aliphatic hydroxyl groups is 1. The lowest BCUT2D eigenvalue weighted by Crippen LogP contribution is -2.20. The molecule has 0 spiro atoms. The Morgan fingerprint density at radius 2 is 1.74 bits per heavy atom. The molecular weight excluding hydrogens is 414 g/mol. The minimum Gasteiger partial charge on any atom is -0.395 e. The maximum absolute atomic E-state index is 13.1. The fourth-order valence-electron chi connectivity index (χ4n) is 3.21. The van der Waals surface area contributed by atoms with Crippen LogP contribution >= 0.6 is 0 Å². The van der Waals surface area contributed by atoms with E-state index >= 15 is 0 Å². The van der Waals surface area contributed by atoms with Gasteiger partial charge in [-0.2, -0.15) is 13.2 Å². The first-order valence-electron chi connectivity index (χ1n) is 9.17. The van der Waals surface area contributed by atoms with Gasteiger partial charge in [-0.05, 0) is 57.8 Å². The fraction of sp³-hybridized carbons (Fsp3) is 0.182. The van der Waals surface area contributed by atoms with Crippen molar-refractivity contribution in [2.24, 2.45) is 5.18 Å². The van der Waals surface area contributed by atoms with Crippen LogP contribution in [0.25, 0.3) is 11.1 Å². The van der Waals surface area contributed by atoms with E-state index in [2.05, 4.69) is 5.18 Å². The van der Waals surface area contributed by atoms with Crippen molar-refractivity contribution in [1.29, 1.82) is 0 Å². The number of nitrogen functional groups attached to an aromatic ring is 1. The van der Waals surface area contributed by atoms with Crippen molar-refractivity contribution in [3.63, 3.8) is 0 Å². The standard InChI is InChI=1S/C22H19F4N3O2/c1-29(12-13-5-7-17(23)8-6-13)19-11-16(10-18(28-31)20(19)27)14-3-2-4-15(9-14)21(30)22(24,25)26/h2-11,21,30H,12,27H2,1H3. The summed E-state index contributed by atoms with van der Waals surface area (Å²) in [5, 5.41) is 12.5. The third-order valence-electron chi connectivity index (χ3n) is 4.82. The van der Waals surface area contributed by atoms with Gasteiger partial charge in [0.2, 0.25) is 0 Å². The number of alkyl halides is 3. The van der Waals surface area contributed by atoms with Crippen molar-refractivity contribution in [1.82, 2.24) is 0 Å². The van der Waals surface area contributed by atoms with Crippen LogP contribution in [0, 0.1) is 10.7 Å². The lowest BCUT2D eigenvalue weighted by atomic mass is 9.98. The zero-order chi connectivity index (χ0) is 22.8. The monoisotopic (exact) mass is 433 g/mol. The van der Waals surface area contributed by atoms with Gasteiger partial charge in [0.1, 0.15) is 11.5 Å². The molecule has 0 heterocycles. The Hall–Kier alpha value is -3.46. The molecule has 31 heavy (non-hydrogen) atoms. The van der Waals surface area contributed by atoms with Gasteiger partial charge in [0.25, 0.3) is 0 Å². The molecule has 0 radical (unpaired) electrons. The number of hydrogen-bond donors (Lipinski definition) is 2. The molecule has 0 aliphatic heterocycles. The zero-order valence-corrected chi connectivity index (χ0v) is 16.4. The summed E-state index contributed by atoms with van der Waals surface area (Å²) in [5.41, 5.74) is 7.74. The van der Waals surface area contributed by atoms with Crippen LogP contribution in [0.15, 0.2) is 65.8 Å². The van der Waals surface area contributed by atoms with Crippen molar-refractivity contribution in [3.05, 3.63) is 82.5 Å². The number of nitrogens with two attached hydrogens (primary N) is 1. The van der Waals surface area contributed by atoms with E-state index in [4.69, 9.17) is 5.73 Å². The van der Waals surface area contributed by atoms with E-state index in [0.717, 1.165) is 5.56 Å². The number of nitroso groups, excluding NO2 is 1. The Balaban J connectivity index is 2.01. The topological polar surface area (TPSA) is 78.9 Å². The minimum atomic E-state index is -4.81. The van der Waals surface area contributed by atoms with Crippen molar-refractivity contribution >= 4 is 17.1 Å². The number of aliphatic hydroxyl groups excluding tert-OH is 1. The van der Waals surface area contributed by atoms with Crippen molar-refractivity contribution in [2.45, 2.75) is 18.8 Å². The summed E-state index contributed by atoms with van der Waals surface area (Å²) in [7, 11) is 1.71. The molecule has 0 saturated carbocycles. The smallest absolute Gasteiger partial charge is 0.395 e. The van der Waals surface area contributed by atoms with Gasteiger partial charge in [0.15, 0.2) is 6.10 Å². The summed E-state index contributed by atoms with van der Waals surface area (Å²) in [5.74, 6) is -0.374. The van der Waals surface area contributed by atoms with E-state index < -0.39 is 12.3 Å². The van der Waals surface area contributed by atoms with E-state index in [1.165, 1.54) is 36.4 Å². The van der Waals surface area contributed by atoms with Gasteiger partial charge < -0.3 is 15.7 Å². The summed E-state index contributed by atoms with van der Waals surface area (Å²) >= 11 is 0. The Bertz CT molecular complexity index is 1090. The van der Waals surface area contributed by atoms with Crippen molar-refractivity contribution < 1.29 is 22.7 Å². The Kier molecular flexibility index (Phi) is 6.26. The third kappa shape index (κ3) is 5.00. The first-order valence-corrected chi connectivity index (χ1v) is 9.17. The van der Waals surface area contributed by atoms with Crippen LogP contribution in [-0.2, 0) is 6.54 Å². The van der Waals surface area contributed by atoms with Gasteiger partial charge in [-0.3, -0.25) is 0 Å².